The van der Waals surface area contributed by atoms with Gasteiger partial charge in [-0.3, -0.25) is 14.9 Å². The number of nitro groups is 1. The lowest BCUT2D eigenvalue weighted by Gasteiger charge is -2.32. The number of nitro benzene ring substituents is 1. The average molecular weight is 522 g/mol. The molecule has 0 saturated carbocycles. The zero-order valence-corrected chi connectivity index (χ0v) is 20.5. The molecule has 0 saturated heterocycles. The first-order chi connectivity index (χ1) is 18.9. The summed E-state index contributed by atoms with van der Waals surface area (Å²) in [5.74, 6) is -0.527. The number of carbonyl (C=O) groups is 3. The van der Waals surface area contributed by atoms with E-state index in [0.717, 1.165) is 4.90 Å². The lowest BCUT2D eigenvalue weighted by atomic mass is 9.93. The number of nitrogens with zero attached hydrogens (tertiary/aromatic N) is 2. The number of para-hydroxylation sites is 2. The summed E-state index contributed by atoms with van der Waals surface area (Å²) >= 11 is 0. The van der Waals surface area contributed by atoms with Crippen molar-refractivity contribution >= 4 is 35.0 Å². The zero-order chi connectivity index (χ0) is 27.4. The molecule has 0 spiro atoms. The number of rotatable bonds is 6. The molecule has 1 aliphatic heterocycles. The summed E-state index contributed by atoms with van der Waals surface area (Å²) in [4.78, 5) is 52.0. The van der Waals surface area contributed by atoms with Gasteiger partial charge in [0.15, 0.2) is 0 Å². The number of fused-ring (bicyclic) bond motifs is 1. The van der Waals surface area contributed by atoms with Crippen molar-refractivity contribution in [1.29, 1.82) is 0 Å². The maximum Gasteiger partial charge on any atom is 0.329 e. The SMILES string of the molecule is O=C(Nc1ccccc1)N[C@H](c1ccc([N+](=O)[O-])cc1)[C@H]1c2ccccc2C(=O)N1C(=O)Nc1ccccc1. The highest BCUT2D eigenvalue weighted by Gasteiger charge is 2.45. The Morgan fingerprint density at radius 2 is 1.33 bits per heavy atom. The average Bonchev–Trinajstić information content (AvgIpc) is 3.25. The minimum atomic E-state index is -0.944. The van der Waals surface area contributed by atoms with Crippen LogP contribution in [0.25, 0.3) is 0 Å². The van der Waals surface area contributed by atoms with Crippen LogP contribution in [0.15, 0.2) is 109 Å². The quantitative estimate of drug-likeness (QED) is 0.215. The number of imide groups is 1. The number of hydrogen-bond donors (Lipinski definition) is 3. The van der Waals surface area contributed by atoms with Crippen LogP contribution in [-0.4, -0.2) is 27.8 Å². The van der Waals surface area contributed by atoms with E-state index >= 15 is 0 Å². The van der Waals surface area contributed by atoms with Crippen molar-refractivity contribution in [2.24, 2.45) is 0 Å². The van der Waals surface area contributed by atoms with Crippen molar-refractivity contribution in [2.45, 2.75) is 12.1 Å². The fourth-order valence-corrected chi connectivity index (χ4v) is 4.58. The van der Waals surface area contributed by atoms with E-state index in [1.54, 1.807) is 78.9 Å². The maximum absolute atomic E-state index is 13.5. The third kappa shape index (κ3) is 5.30. The lowest BCUT2D eigenvalue weighted by molar-refractivity contribution is -0.384. The molecule has 0 unspecified atom stereocenters. The summed E-state index contributed by atoms with van der Waals surface area (Å²) < 4.78 is 0. The van der Waals surface area contributed by atoms with Gasteiger partial charge in [-0.25, -0.2) is 14.5 Å². The molecule has 0 bridgehead atoms. The minimum absolute atomic E-state index is 0.132. The Labute approximate surface area is 223 Å². The van der Waals surface area contributed by atoms with Crippen molar-refractivity contribution < 1.29 is 19.3 Å². The Morgan fingerprint density at radius 3 is 1.95 bits per heavy atom. The largest absolute Gasteiger partial charge is 0.329 e. The van der Waals surface area contributed by atoms with Gasteiger partial charge in [0.25, 0.3) is 11.6 Å². The van der Waals surface area contributed by atoms with Gasteiger partial charge in [0.05, 0.1) is 17.0 Å². The van der Waals surface area contributed by atoms with Crippen molar-refractivity contribution in [3.8, 4) is 0 Å². The Balaban J connectivity index is 1.55. The molecule has 0 fully saturated rings. The van der Waals surface area contributed by atoms with Crippen LogP contribution in [0.4, 0.5) is 26.7 Å². The van der Waals surface area contributed by atoms with E-state index in [1.807, 2.05) is 6.07 Å². The van der Waals surface area contributed by atoms with E-state index in [0.29, 0.717) is 28.1 Å². The van der Waals surface area contributed by atoms with Gasteiger partial charge in [-0.15, -0.1) is 0 Å². The third-order valence-corrected chi connectivity index (χ3v) is 6.35. The Bertz CT molecular complexity index is 1530. The smallest absolute Gasteiger partial charge is 0.329 e. The van der Waals surface area contributed by atoms with Gasteiger partial charge in [-0.1, -0.05) is 66.7 Å². The van der Waals surface area contributed by atoms with Crippen LogP contribution in [-0.2, 0) is 0 Å². The molecule has 5 rings (SSSR count). The number of anilines is 2. The highest BCUT2D eigenvalue weighted by Crippen LogP contribution is 2.42. The molecular formula is C29H23N5O5. The second kappa shape index (κ2) is 10.9. The molecule has 4 aromatic rings. The number of nitrogens with one attached hydrogen (secondary N) is 3. The summed E-state index contributed by atoms with van der Waals surface area (Å²) in [5.41, 5.74) is 2.23. The second-order valence-corrected chi connectivity index (χ2v) is 8.79. The number of non-ortho nitro benzene ring substituents is 1. The Morgan fingerprint density at radius 1 is 0.769 bits per heavy atom. The molecule has 3 N–H and O–H groups in total. The Hall–Kier alpha value is -5.51. The number of benzene rings is 4. The summed E-state index contributed by atoms with van der Waals surface area (Å²) in [5, 5.41) is 19.7. The van der Waals surface area contributed by atoms with E-state index in [9.17, 15) is 24.5 Å². The van der Waals surface area contributed by atoms with Gasteiger partial charge < -0.3 is 16.0 Å². The normalized spacial score (nSPS) is 14.7. The second-order valence-electron chi connectivity index (χ2n) is 8.79. The molecule has 10 heteroatoms. The molecule has 10 nitrogen and oxygen atoms in total. The van der Waals surface area contributed by atoms with Gasteiger partial charge >= 0.3 is 12.1 Å². The number of urea groups is 2. The zero-order valence-electron chi connectivity index (χ0n) is 20.5. The van der Waals surface area contributed by atoms with Crippen LogP contribution in [0, 0.1) is 10.1 Å². The molecular weight excluding hydrogens is 498 g/mol. The van der Waals surface area contributed by atoms with E-state index in [-0.39, 0.29) is 5.69 Å². The fraction of sp³-hybridized carbons (Fsp3) is 0.0690. The van der Waals surface area contributed by atoms with Crippen LogP contribution >= 0.6 is 0 Å². The lowest BCUT2D eigenvalue weighted by Crippen LogP contribution is -2.45. The molecule has 2 atom stereocenters. The predicted molar refractivity (Wildman–Crippen MR) is 145 cm³/mol. The van der Waals surface area contributed by atoms with Gasteiger partial charge in [0, 0.05) is 29.1 Å². The maximum atomic E-state index is 13.5. The predicted octanol–water partition coefficient (Wildman–Crippen LogP) is 5.89. The monoisotopic (exact) mass is 521 g/mol. The van der Waals surface area contributed by atoms with Gasteiger partial charge in [-0.2, -0.15) is 0 Å². The highest BCUT2D eigenvalue weighted by molar-refractivity contribution is 6.11. The third-order valence-electron chi connectivity index (χ3n) is 6.35. The molecule has 1 aliphatic rings. The van der Waals surface area contributed by atoms with Crippen molar-refractivity contribution in [2.75, 3.05) is 10.6 Å². The van der Waals surface area contributed by atoms with E-state index in [4.69, 9.17) is 0 Å². The number of carbonyl (C=O) groups excluding carboxylic acids is 3. The molecule has 4 aromatic carbocycles. The van der Waals surface area contributed by atoms with Crippen molar-refractivity contribution in [1.82, 2.24) is 10.2 Å². The van der Waals surface area contributed by atoms with E-state index in [2.05, 4.69) is 16.0 Å². The molecule has 0 aliphatic carbocycles. The Kier molecular flexibility index (Phi) is 7.00. The van der Waals surface area contributed by atoms with Crippen molar-refractivity contribution in [3.63, 3.8) is 0 Å². The number of hydrogen-bond acceptors (Lipinski definition) is 5. The topological polar surface area (TPSA) is 134 Å². The first-order valence-corrected chi connectivity index (χ1v) is 12.1. The van der Waals surface area contributed by atoms with Crippen LogP contribution in [0.3, 0.4) is 0 Å². The van der Waals surface area contributed by atoms with Crippen LogP contribution in [0.1, 0.15) is 33.6 Å². The molecule has 0 aromatic heterocycles. The number of amides is 5. The first kappa shape index (κ1) is 25.2. The summed E-state index contributed by atoms with van der Waals surface area (Å²) in [6.07, 6.45) is 0. The molecule has 39 heavy (non-hydrogen) atoms. The van der Waals surface area contributed by atoms with Gasteiger partial charge in [-0.05, 0) is 41.5 Å². The van der Waals surface area contributed by atoms with Crippen molar-refractivity contribution in [3.05, 3.63) is 136 Å². The summed E-state index contributed by atoms with van der Waals surface area (Å²) in [7, 11) is 0. The summed E-state index contributed by atoms with van der Waals surface area (Å²) in [6.45, 7) is 0. The first-order valence-electron chi connectivity index (χ1n) is 12.1. The minimum Gasteiger partial charge on any atom is -0.329 e. The van der Waals surface area contributed by atoms with E-state index in [1.165, 1.54) is 24.3 Å². The molecule has 1 heterocycles. The standard InChI is InChI=1S/C29H23N5O5/c35-27-24-14-8-7-13-23(24)26(33(27)29(37)31-21-11-5-2-6-12-21)25(19-15-17-22(18-16-19)34(38)39)32-28(36)30-20-9-3-1-4-10-20/h1-18,25-26H,(H,31,37)(H2,30,32,36)/t25-,26-/m1/s1. The highest BCUT2D eigenvalue weighted by atomic mass is 16.6. The van der Waals surface area contributed by atoms with Crippen LogP contribution in [0.2, 0.25) is 0 Å². The molecule has 0 radical (unpaired) electrons. The van der Waals surface area contributed by atoms with Gasteiger partial charge in [0.2, 0.25) is 0 Å². The van der Waals surface area contributed by atoms with Crippen LogP contribution in [0.5, 0.6) is 0 Å². The van der Waals surface area contributed by atoms with Crippen LogP contribution < -0.4 is 16.0 Å². The fourth-order valence-electron chi connectivity index (χ4n) is 4.58. The molecule has 5 amide bonds. The van der Waals surface area contributed by atoms with Gasteiger partial charge in [0.1, 0.15) is 0 Å². The summed E-state index contributed by atoms with van der Waals surface area (Å²) in [6, 6.07) is 26.8. The molecule has 194 valence electrons. The van der Waals surface area contributed by atoms with E-state index < -0.39 is 35.0 Å².